The van der Waals surface area contributed by atoms with E-state index in [0.29, 0.717) is 19.5 Å². The highest BCUT2D eigenvalue weighted by Crippen LogP contribution is 2.68. The number of carbonyl (C=O) groups is 3. The van der Waals surface area contributed by atoms with Gasteiger partial charge < -0.3 is 20.6 Å². The van der Waals surface area contributed by atoms with Crippen molar-refractivity contribution in [2.45, 2.75) is 72.9 Å². The van der Waals surface area contributed by atoms with E-state index in [2.05, 4.69) is 33.5 Å². The van der Waals surface area contributed by atoms with Crippen molar-refractivity contribution >= 4 is 45.4 Å². The van der Waals surface area contributed by atoms with E-state index in [9.17, 15) is 19.5 Å². The second-order valence-corrected chi connectivity index (χ2v) is 12.5. The first-order chi connectivity index (χ1) is 16.9. The number of alkyl halides is 1. The van der Waals surface area contributed by atoms with E-state index in [4.69, 9.17) is 0 Å². The average Bonchev–Trinajstić information content (AvgIpc) is 3.45. The monoisotopic (exact) mass is 565 g/mol. The molecule has 1 aromatic rings. The summed E-state index contributed by atoms with van der Waals surface area (Å²) in [5.41, 5.74) is 0.783. The van der Waals surface area contributed by atoms with Crippen LogP contribution in [-0.2, 0) is 14.4 Å². The summed E-state index contributed by atoms with van der Waals surface area (Å²) in [4.78, 5) is 42.9. The van der Waals surface area contributed by atoms with Crippen molar-refractivity contribution < 1.29 is 19.5 Å². The van der Waals surface area contributed by atoms with E-state index >= 15 is 0 Å². The predicted octanol–water partition coefficient (Wildman–Crippen LogP) is 3.02. The van der Waals surface area contributed by atoms with E-state index in [-0.39, 0.29) is 34.4 Å². The molecule has 1 spiro atoms. The molecule has 0 aromatic heterocycles. The second kappa shape index (κ2) is 11.2. The summed E-state index contributed by atoms with van der Waals surface area (Å²) in [6, 6.07) is 7.97. The second-order valence-electron chi connectivity index (χ2n) is 9.81. The molecule has 3 heterocycles. The van der Waals surface area contributed by atoms with Gasteiger partial charge >= 0.3 is 0 Å². The molecular formula is C26H36BrN3O4S. The Morgan fingerprint density at radius 3 is 2.51 bits per heavy atom. The number of amides is 3. The van der Waals surface area contributed by atoms with Crippen LogP contribution in [0.15, 0.2) is 30.3 Å². The molecule has 3 unspecified atom stereocenters. The maximum absolute atomic E-state index is 14.2. The molecule has 0 saturated carbocycles. The number of nitrogens with zero attached hydrogens (tertiary/aromatic N) is 1. The van der Waals surface area contributed by atoms with Gasteiger partial charge in [0, 0.05) is 23.2 Å². The van der Waals surface area contributed by atoms with Crippen molar-refractivity contribution in [1.82, 2.24) is 15.5 Å². The lowest BCUT2D eigenvalue weighted by Gasteiger charge is -2.37. The summed E-state index contributed by atoms with van der Waals surface area (Å²) in [7, 11) is 0. The summed E-state index contributed by atoms with van der Waals surface area (Å²) < 4.78 is -0.707. The fourth-order valence-corrected chi connectivity index (χ4v) is 9.68. The van der Waals surface area contributed by atoms with Crippen LogP contribution in [0.4, 0.5) is 0 Å². The first kappa shape index (κ1) is 26.5. The fourth-order valence-electron chi connectivity index (χ4n) is 6.08. The number of hydrogen-bond donors (Lipinski definition) is 3. The molecule has 7 nitrogen and oxygen atoms in total. The largest absolute Gasteiger partial charge is 0.394 e. The molecule has 7 atom stereocenters. The van der Waals surface area contributed by atoms with Crippen molar-refractivity contribution in [2.24, 2.45) is 11.8 Å². The molecule has 4 rings (SSSR count). The van der Waals surface area contributed by atoms with E-state index < -0.39 is 28.7 Å². The van der Waals surface area contributed by atoms with Crippen molar-refractivity contribution in [3.63, 3.8) is 0 Å². The van der Waals surface area contributed by atoms with Crippen LogP contribution in [0.2, 0.25) is 0 Å². The van der Waals surface area contributed by atoms with E-state index in [0.717, 1.165) is 31.2 Å². The summed E-state index contributed by atoms with van der Waals surface area (Å²) in [5, 5.41) is 16.5. The van der Waals surface area contributed by atoms with Crippen molar-refractivity contribution in [3.8, 4) is 0 Å². The number of hydrogen-bond acceptors (Lipinski definition) is 5. The van der Waals surface area contributed by atoms with Crippen LogP contribution in [0.25, 0.3) is 0 Å². The van der Waals surface area contributed by atoms with Gasteiger partial charge in [0.1, 0.15) is 6.04 Å². The Balaban J connectivity index is 1.73. The topological polar surface area (TPSA) is 98.7 Å². The molecule has 35 heavy (non-hydrogen) atoms. The molecule has 0 radical (unpaired) electrons. The molecule has 3 aliphatic heterocycles. The third kappa shape index (κ3) is 4.64. The molecule has 3 saturated heterocycles. The van der Waals surface area contributed by atoms with Crippen LogP contribution in [0.5, 0.6) is 0 Å². The summed E-state index contributed by atoms with van der Waals surface area (Å²) in [6.45, 7) is 4.92. The molecule has 3 aliphatic rings. The van der Waals surface area contributed by atoms with Gasteiger partial charge in [-0.05, 0) is 24.8 Å². The van der Waals surface area contributed by atoms with Gasteiger partial charge in [-0.15, -0.1) is 11.8 Å². The van der Waals surface area contributed by atoms with Crippen LogP contribution in [-0.4, -0.2) is 68.3 Å². The fraction of sp³-hybridized carbons (Fsp3) is 0.654. The molecular weight excluding hydrogens is 530 g/mol. The summed E-state index contributed by atoms with van der Waals surface area (Å²) >= 11 is 5.41. The van der Waals surface area contributed by atoms with Crippen molar-refractivity contribution in [3.05, 3.63) is 35.9 Å². The number of fused-ring (bicyclic) bond motifs is 1. The first-order valence-corrected chi connectivity index (χ1v) is 14.6. The Labute approximate surface area is 220 Å². The molecule has 3 amide bonds. The molecule has 1 aromatic carbocycles. The normalized spacial score (nSPS) is 31.9. The lowest BCUT2D eigenvalue weighted by Crippen LogP contribution is -2.55. The van der Waals surface area contributed by atoms with Gasteiger partial charge in [0.2, 0.25) is 17.7 Å². The van der Waals surface area contributed by atoms with Crippen molar-refractivity contribution in [2.75, 3.05) is 19.7 Å². The van der Waals surface area contributed by atoms with Gasteiger partial charge in [-0.25, -0.2) is 0 Å². The number of rotatable bonds is 11. The Hall–Kier alpha value is -1.58. The third-order valence-corrected chi connectivity index (χ3v) is 10.8. The SMILES string of the molecule is CCCCCNC(=O)C1N([C@H](CO)c2ccccc2)C(=O)[C@@H]2[C@@H](C(=O)NCCC)[C@@H]3SC12CC3Br. The number of aliphatic hydroxyl groups excluding tert-OH is 1. The number of halogens is 1. The zero-order valence-corrected chi connectivity index (χ0v) is 22.8. The Bertz CT molecular complexity index is 934. The predicted molar refractivity (Wildman–Crippen MR) is 141 cm³/mol. The van der Waals surface area contributed by atoms with Crippen LogP contribution < -0.4 is 10.6 Å². The summed E-state index contributed by atoms with van der Waals surface area (Å²) in [5.74, 6) is -1.60. The zero-order chi connectivity index (χ0) is 25.2. The average molecular weight is 567 g/mol. The summed E-state index contributed by atoms with van der Waals surface area (Å²) in [6.07, 6.45) is 4.39. The molecule has 0 aliphatic carbocycles. The van der Waals surface area contributed by atoms with Gasteiger partial charge in [0.15, 0.2) is 0 Å². The first-order valence-electron chi connectivity index (χ1n) is 12.8. The van der Waals surface area contributed by atoms with E-state index in [1.165, 1.54) is 0 Å². The number of likely N-dealkylation sites (tertiary alicyclic amines) is 1. The van der Waals surface area contributed by atoms with Crippen LogP contribution in [0, 0.1) is 11.8 Å². The van der Waals surface area contributed by atoms with Gasteiger partial charge in [0.25, 0.3) is 0 Å². The maximum atomic E-state index is 14.2. The minimum Gasteiger partial charge on any atom is -0.394 e. The molecule has 192 valence electrons. The lowest BCUT2D eigenvalue weighted by molar-refractivity contribution is -0.142. The Kier molecular flexibility index (Phi) is 8.49. The molecule has 3 N–H and O–H groups in total. The third-order valence-electron chi connectivity index (χ3n) is 7.60. The zero-order valence-electron chi connectivity index (χ0n) is 20.4. The Morgan fingerprint density at radius 1 is 1.14 bits per heavy atom. The number of thioether (sulfide) groups is 1. The number of unbranched alkanes of at least 4 members (excludes halogenated alkanes) is 2. The smallest absolute Gasteiger partial charge is 0.244 e. The van der Waals surface area contributed by atoms with Gasteiger partial charge in [-0.2, -0.15) is 0 Å². The quantitative estimate of drug-likeness (QED) is 0.283. The molecule has 9 heteroatoms. The number of benzene rings is 1. The minimum atomic E-state index is -0.752. The highest BCUT2D eigenvalue weighted by atomic mass is 79.9. The maximum Gasteiger partial charge on any atom is 0.244 e. The van der Waals surface area contributed by atoms with E-state index in [1.54, 1.807) is 16.7 Å². The number of carbonyl (C=O) groups excluding carboxylic acids is 3. The van der Waals surface area contributed by atoms with Crippen LogP contribution in [0.3, 0.4) is 0 Å². The number of aliphatic hydroxyl groups is 1. The van der Waals surface area contributed by atoms with Crippen LogP contribution in [0.1, 0.15) is 57.6 Å². The highest BCUT2D eigenvalue weighted by molar-refractivity contribution is 9.09. The minimum absolute atomic E-state index is 0.0357. The van der Waals surface area contributed by atoms with Gasteiger partial charge in [0.05, 0.1) is 29.2 Å². The standard InChI is InChI=1S/C26H36BrN3O4S/c1-3-5-9-13-29-24(33)22-26-14-17(27)21(35-26)19(23(32)28-12-4-2)20(26)25(34)30(22)18(15-31)16-10-7-6-8-11-16/h6-8,10-11,17-22,31H,3-5,9,12-15H2,1-2H3,(H,28,32)(H,29,33)/t17?,18-,19-,20+,21-,22?,26?/m1/s1. The highest BCUT2D eigenvalue weighted by Gasteiger charge is 2.76. The van der Waals surface area contributed by atoms with Gasteiger partial charge in [-0.1, -0.05) is 73.0 Å². The number of nitrogens with one attached hydrogen (secondary N) is 2. The van der Waals surface area contributed by atoms with E-state index in [1.807, 2.05) is 37.3 Å². The lowest BCUT2D eigenvalue weighted by atomic mass is 9.70. The van der Waals surface area contributed by atoms with Gasteiger partial charge in [-0.3, -0.25) is 14.4 Å². The molecule has 2 bridgehead atoms. The van der Waals surface area contributed by atoms with Crippen LogP contribution >= 0.6 is 27.7 Å². The Morgan fingerprint density at radius 2 is 1.86 bits per heavy atom. The van der Waals surface area contributed by atoms with Crippen molar-refractivity contribution in [1.29, 1.82) is 0 Å². The molecule has 3 fully saturated rings.